The third-order valence-electron chi connectivity index (χ3n) is 3.25. The number of benzene rings is 1. The second kappa shape index (κ2) is 4.51. The van der Waals surface area contributed by atoms with E-state index in [1.807, 2.05) is 32.2 Å². The Hall–Kier alpha value is -2.14. The maximum Gasteiger partial charge on any atom is 0.228 e. The first-order valence-electron chi connectivity index (χ1n) is 6.30. The normalized spacial score (nSPS) is 13.5. The van der Waals surface area contributed by atoms with Gasteiger partial charge in [0.15, 0.2) is 0 Å². The number of imidazole rings is 1. The highest BCUT2D eigenvalue weighted by atomic mass is 16.1. The zero-order chi connectivity index (χ0) is 13.4. The van der Waals surface area contributed by atoms with Crippen molar-refractivity contribution in [3.8, 4) is 11.3 Å². The van der Waals surface area contributed by atoms with Gasteiger partial charge in [-0.1, -0.05) is 6.07 Å². The van der Waals surface area contributed by atoms with Crippen molar-refractivity contribution in [2.75, 3.05) is 12.4 Å². The number of hydrogen-bond acceptors (Lipinski definition) is 3. The lowest BCUT2D eigenvalue weighted by molar-refractivity contribution is -0.115. The van der Waals surface area contributed by atoms with Gasteiger partial charge in [0.05, 0.1) is 17.8 Å². The highest BCUT2D eigenvalue weighted by Gasteiger charge is 2.19. The van der Waals surface area contributed by atoms with Gasteiger partial charge in [-0.05, 0) is 31.7 Å². The standard InChI is InChI=1S/C14H16N4O/c1-8-16-12(7-15-2)14(17-8)9-3-4-11-10(5-9)6-13(19)18-11/h3-5,15H,6-7H2,1-2H3,(H,16,17)(H,18,19). The minimum atomic E-state index is 0.0563. The Bertz CT molecular complexity index is 645. The van der Waals surface area contributed by atoms with Gasteiger partial charge in [0.2, 0.25) is 5.91 Å². The lowest BCUT2D eigenvalue weighted by Gasteiger charge is -2.04. The Morgan fingerprint density at radius 2 is 2.26 bits per heavy atom. The molecule has 0 saturated heterocycles. The molecule has 0 spiro atoms. The molecule has 0 aliphatic carbocycles. The predicted octanol–water partition coefficient (Wildman–Crippen LogP) is 1.60. The summed E-state index contributed by atoms with van der Waals surface area (Å²) in [5.41, 5.74) is 5.02. The Labute approximate surface area is 111 Å². The molecule has 0 saturated carbocycles. The molecule has 0 bridgehead atoms. The summed E-state index contributed by atoms with van der Waals surface area (Å²) in [6, 6.07) is 5.99. The maximum atomic E-state index is 11.4. The Morgan fingerprint density at radius 1 is 1.42 bits per heavy atom. The summed E-state index contributed by atoms with van der Waals surface area (Å²) in [5, 5.41) is 5.97. The maximum absolute atomic E-state index is 11.4. The van der Waals surface area contributed by atoms with Crippen LogP contribution in [0.1, 0.15) is 17.1 Å². The monoisotopic (exact) mass is 256 g/mol. The number of nitrogens with zero attached hydrogens (tertiary/aromatic N) is 1. The van der Waals surface area contributed by atoms with Crippen molar-refractivity contribution in [1.29, 1.82) is 0 Å². The van der Waals surface area contributed by atoms with Gasteiger partial charge in [-0.15, -0.1) is 0 Å². The fraction of sp³-hybridized carbons (Fsp3) is 0.286. The van der Waals surface area contributed by atoms with Crippen molar-refractivity contribution in [2.45, 2.75) is 19.9 Å². The Kier molecular flexibility index (Phi) is 2.83. The van der Waals surface area contributed by atoms with Crippen molar-refractivity contribution in [3.05, 3.63) is 35.3 Å². The van der Waals surface area contributed by atoms with Gasteiger partial charge in [-0.25, -0.2) is 4.98 Å². The average molecular weight is 256 g/mol. The van der Waals surface area contributed by atoms with Crippen molar-refractivity contribution in [3.63, 3.8) is 0 Å². The van der Waals surface area contributed by atoms with Crippen LogP contribution in [-0.4, -0.2) is 22.9 Å². The zero-order valence-corrected chi connectivity index (χ0v) is 11.0. The van der Waals surface area contributed by atoms with Crippen LogP contribution in [0.2, 0.25) is 0 Å². The van der Waals surface area contributed by atoms with Crippen LogP contribution in [0.4, 0.5) is 5.69 Å². The fourth-order valence-corrected chi connectivity index (χ4v) is 2.46. The van der Waals surface area contributed by atoms with E-state index in [-0.39, 0.29) is 5.91 Å². The van der Waals surface area contributed by atoms with E-state index in [9.17, 15) is 4.79 Å². The van der Waals surface area contributed by atoms with Gasteiger partial charge >= 0.3 is 0 Å². The van der Waals surface area contributed by atoms with Crippen molar-refractivity contribution >= 4 is 11.6 Å². The third kappa shape index (κ3) is 2.13. The molecule has 3 N–H and O–H groups in total. The summed E-state index contributed by atoms with van der Waals surface area (Å²) in [6.07, 6.45) is 0.452. The highest BCUT2D eigenvalue weighted by Crippen LogP contribution is 2.29. The van der Waals surface area contributed by atoms with Crippen LogP contribution in [0.3, 0.4) is 0 Å². The molecule has 1 aliphatic heterocycles. The molecule has 0 unspecified atom stereocenters. The second-order valence-corrected chi connectivity index (χ2v) is 4.78. The highest BCUT2D eigenvalue weighted by molar-refractivity contribution is 5.99. The van der Waals surface area contributed by atoms with E-state index < -0.39 is 0 Å². The Balaban J connectivity index is 2.03. The largest absolute Gasteiger partial charge is 0.345 e. The molecule has 0 atom stereocenters. The van der Waals surface area contributed by atoms with Crippen LogP contribution in [0.5, 0.6) is 0 Å². The zero-order valence-electron chi connectivity index (χ0n) is 11.0. The fourth-order valence-electron chi connectivity index (χ4n) is 2.46. The van der Waals surface area contributed by atoms with Crippen LogP contribution in [0, 0.1) is 6.92 Å². The molecule has 0 radical (unpaired) electrons. The molecule has 5 nitrogen and oxygen atoms in total. The number of H-pyrrole nitrogens is 1. The number of anilines is 1. The quantitative estimate of drug-likeness (QED) is 0.781. The molecule has 1 amide bonds. The molecule has 5 heteroatoms. The average Bonchev–Trinajstić information content (AvgIpc) is 2.90. The third-order valence-corrected chi connectivity index (χ3v) is 3.25. The van der Waals surface area contributed by atoms with E-state index in [1.54, 1.807) is 0 Å². The second-order valence-electron chi connectivity index (χ2n) is 4.78. The number of hydrogen-bond donors (Lipinski definition) is 3. The number of aryl methyl sites for hydroxylation is 1. The number of aromatic amines is 1. The van der Waals surface area contributed by atoms with Crippen LogP contribution < -0.4 is 10.6 Å². The van der Waals surface area contributed by atoms with Crippen molar-refractivity contribution in [1.82, 2.24) is 15.3 Å². The number of aromatic nitrogens is 2. The van der Waals surface area contributed by atoms with Crippen LogP contribution >= 0.6 is 0 Å². The van der Waals surface area contributed by atoms with Crippen LogP contribution in [0.15, 0.2) is 18.2 Å². The molecule has 0 fully saturated rings. The first-order chi connectivity index (χ1) is 9.17. The van der Waals surface area contributed by atoms with Gasteiger partial charge in [0.25, 0.3) is 0 Å². The number of nitrogens with one attached hydrogen (secondary N) is 3. The van der Waals surface area contributed by atoms with Gasteiger partial charge in [0.1, 0.15) is 5.82 Å². The van der Waals surface area contributed by atoms with Gasteiger partial charge in [-0.2, -0.15) is 0 Å². The van der Waals surface area contributed by atoms with Gasteiger partial charge < -0.3 is 15.6 Å². The van der Waals surface area contributed by atoms with Crippen molar-refractivity contribution in [2.24, 2.45) is 0 Å². The smallest absolute Gasteiger partial charge is 0.228 e. The van der Waals surface area contributed by atoms with Gasteiger partial charge in [-0.3, -0.25) is 4.79 Å². The van der Waals surface area contributed by atoms with Crippen LogP contribution in [0.25, 0.3) is 11.3 Å². The lowest BCUT2D eigenvalue weighted by Crippen LogP contribution is -2.06. The summed E-state index contributed by atoms with van der Waals surface area (Å²) in [4.78, 5) is 19.2. The van der Waals surface area contributed by atoms with E-state index in [0.29, 0.717) is 6.42 Å². The number of carbonyl (C=O) groups excluding carboxylic acids is 1. The molecule has 19 heavy (non-hydrogen) atoms. The minimum absolute atomic E-state index is 0.0563. The number of amides is 1. The number of carbonyl (C=O) groups is 1. The number of fused-ring (bicyclic) bond motifs is 1. The van der Waals surface area contributed by atoms with E-state index in [1.165, 1.54) is 0 Å². The molecule has 2 aromatic rings. The molecular weight excluding hydrogens is 240 g/mol. The van der Waals surface area contributed by atoms with Gasteiger partial charge in [0, 0.05) is 17.8 Å². The molecular formula is C14H16N4O. The molecule has 2 heterocycles. The van der Waals surface area contributed by atoms with E-state index in [0.717, 1.165) is 40.6 Å². The first kappa shape index (κ1) is 11.9. The first-order valence-corrected chi connectivity index (χ1v) is 6.30. The summed E-state index contributed by atoms with van der Waals surface area (Å²) in [6.45, 7) is 2.69. The molecule has 98 valence electrons. The van der Waals surface area contributed by atoms with Crippen LogP contribution in [-0.2, 0) is 17.8 Å². The topological polar surface area (TPSA) is 69.8 Å². The van der Waals surface area contributed by atoms with Crippen molar-refractivity contribution < 1.29 is 4.79 Å². The molecule has 3 rings (SSSR count). The summed E-state index contributed by atoms with van der Waals surface area (Å²) in [7, 11) is 1.91. The summed E-state index contributed by atoms with van der Waals surface area (Å²) >= 11 is 0. The Morgan fingerprint density at radius 3 is 3.05 bits per heavy atom. The lowest BCUT2D eigenvalue weighted by atomic mass is 10.0. The van der Waals surface area contributed by atoms with E-state index in [4.69, 9.17) is 0 Å². The SMILES string of the molecule is CNCc1[nH]c(C)nc1-c1ccc2c(c1)CC(=O)N2. The molecule has 1 aromatic carbocycles. The minimum Gasteiger partial charge on any atom is -0.345 e. The molecule has 1 aliphatic rings. The van der Waals surface area contributed by atoms with E-state index >= 15 is 0 Å². The summed E-state index contributed by atoms with van der Waals surface area (Å²) < 4.78 is 0. The van der Waals surface area contributed by atoms with E-state index in [2.05, 4.69) is 20.6 Å². The summed E-state index contributed by atoms with van der Waals surface area (Å²) in [5.74, 6) is 0.954. The molecule has 1 aromatic heterocycles. The predicted molar refractivity (Wildman–Crippen MR) is 73.9 cm³/mol. The number of rotatable bonds is 3.